The zero-order valence-corrected chi connectivity index (χ0v) is 10.1. The molecule has 3 nitrogen and oxygen atoms in total. The molecule has 0 radical (unpaired) electrons. The zero-order valence-electron chi connectivity index (χ0n) is 10.1. The molecular weight excluding hydrogens is 188 g/mol. The maximum absolute atomic E-state index is 9.55. The number of hydrogen-bond donors (Lipinski definition) is 1. The molecule has 0 amide bonds. The van der Waals surface area contributed by atoms with Gasteiger partial charge in [0.1, 0.15) is 0 Å². The van der Waals surface area contributed by atoms with Crippen LogP contribution in [0.4, 0.5) is 0 Å². The topological polar surface area (TPSA) is 38.0 Å². The molecule has 0 aliphatic carbocycles. The molecule has 3 heteroatoms. The first kappa shape index (κ1) is 12.2. The van der Waals surface area contributed by atoms with Crippen LogP contribution in [0.25, 0.3) is 0 Å². The van der Waals surface area contributed by atoms with Gasteiger partial charge in [-0.2, -0.15) is 5.10 Å². The summed E-state index contributed by atoms with van der Waals surface area (Å²) in [7, 11) is 0. The van der Waals surface area contributed by atoms with Crippen molar-refractivity contribution in [1.29, 1.82) is 0 Å². The number of nitrogens with zero attached hydrogens (tertiary/aromatic N) is 2. The average Bonchev–Trinajstić information content (AvgIpc) is 2.61. The van der Waals surface area contributed by atoms with Crippen molar-refractivity contribution in [2.75, 3.05) is 0 Å². The molecule has 0 fully saturated rings. The molecule has 0 bridgehead atoms. The lowest BCUT2D eigenvalue weighted by Crippen LogP contribution is -2.18. The van der Waals surface area contributed by atoms with Gasteiger partial charge >= 0.3 is 0 Å². The fourth-order valence-electron chi connectivity index (χ4n) is 1.70. The van der Waals surface area contributed by atoms with Gasteiger partial charge in [0.15, 0.2) is 0 Å². The van der Waals surface area contributed by atoms with E-state index in [2.05, 4.69) is 25.9 Å². The van der Waals surface area contributed by atoms with Gasteiger partial charge in [0.05, 0.1) is 11.8 Å². The number of aliphatic hydroxyl groups is 1. The Morgan fingerprint density at radius 1 is 1.40 bits per heavy atom. The highest BCUT2D eigenvalue weighted by molar-refractivity contribution is 5.01. The fraction of sp³-hybridized carbons (Fsp3) is 0.750. The van der Waals surface area contributed by atoms with E-state index in [4.69, 9.17) is 0 Å². The SMILES string of the molecule is CCC(Cc1ccn(C(C)C)n1)C(C)O. The lowest BCUT2D eigenvalue weighted by atomic mass is 9.95. The molecule has 2 atom stereocenters. The van der Waals surface area contributed by atoms with Crippen molar-refractivity contribution in [1.82, 2.24) is 9.78 Å². The van der Waals surface area contributed by atoms with Crippen molar-refractivity contribution in [2.45, 2.75) is 52.7 Å². The third kappa shape index (κ3) is 3.34. The predicted molar refractivity (Wildman–Crippen MR) is 61.8 cm³/mol. The summed E-state index contributed by atoms with van der Waals surface area (Å²) in [5, 5.41) is 14.0. The second-order valence-corrected chi connectivity index (χ2v) is 4.49. The van der Waals surface area contributed by atoms with Crippen molar-refractivity contribution in [2.24, 2.45) is 5.92 Å². The summed E-state index contributed by atoms with van der Waals surface area (Å²) in [4.78, 5) is 0. The van der Waals surface area contributed by atoms with E-state index in [1.165, 1.54) is 0 Å². The lowest BCUT2D eigenvalue weighted by Gasteiger charge is -2.16. The molecule has 1 heterocycles. The van der Waals surface area contributed by atoms with Crippen LogP contribution in [0.5, 0.6) is 0 Å². The van der Waals surface area contributed by atoms with E-state index in [-0.39, 0.29) is 6.10 Å². The maximum atomic E-state index is 9.55. The van der Waals surface area contributed by atoms with E-state index in [0.29, 0.717) is 12.0 Å². The maximum Gasteiger partial charge on any atom is 0.0628 e. The molecule has 0 spiro atoms. The van der Waals surface area contributed by atoms with Gasteiger partial charge in [-0.05, 0) is 39.2 Å². The molecule has 1 rings (SSSR count). The number of rotatable bonds is 5. The second-order valence-electron chi connectivity index (χ2n) is 4.49. The first-order valence-corrected chi connectivity index (χ1v) is 5.76. The van der Waals surface area contributed by atoms with Crippen molar-refractivity contribution < 1.29 is 5.11 Å². The van der Waals surface area contributed by atoms with Crippen molar-refractivity contribution in [3.05, 3.63) is 18.0 Å². The molecule has 0 aliphatic rings. The van der Waals surface area contributed by atoms with Crippen molar-refractivity contribution in [3.63, 3.8) is 0 Å². The highest BCUT2D eigenvalue weighted by Crippen LogP contribution is 2.15. The normalized spacial score (nSPS) is 15.6. The number of aliphatic hydroxyl groups excluding tert-OH is 1. The molecule has 0 saturated carbocycles. The van der Waals surface area contributed by atoms with Gasteiger partial charge in [0.2, 0.25) is 0 Å². The van der Waals surface area contributed by atoms with Gasteiger partial charge in [0.25, 0.3) is 0 Å². The third-order valence-electron chi connectivity index (χ3n) is 2.87. The van der Waals surface area contributed by atoms with Crippen LogP contribution in [0.3, 0.4) is 0 Å². The number of aromatic nitrogens is 2. The van der Waals surface area contributed by atoms with Gasteiger partial charge in [-0.25, -0.2) is 0 Å². The summed E-state index contributed by atoms with van der Waals surface area (Å²) in [6.45, 7) is 8.19. The Labute approximate surface area is 92.1 Å². The first-order valence-electron chi connectivity index (χ1n) is 5.76. The Morgan fingerprint density at radius 3 is 2.47 bits per heavy atom. The van der Waals surface area contributed by atoms with Gasteiger partial charge in [-0.3, -0.25) is 4.68 Å². The standard InChI is InChI=1S/C12H22N2O/c1-5-11(10(4)15)8-12-6-7-14(13-12)9(2)3/h6-7,9-11,15H,5,8H2,1-4H3. The Kier molecular flexibility index (Phi) is 4.33. The largest absolute Gasteiger partial charge is 0.393 e. The van der Waals surface area contributed by atoms with Crippen LogP contribution in [0.1, 0.15) is 45.9 Å². The first-order chi connectivity index (χ1) is 7.04. The summed E-state index contributed by atoms with van der Waals surface area (Å²) in [6.07, 6.45) is 3.62. The van der Waals surface area contributed by atoms with Gasteiger partial charge < -0.3 is 5.11 Å². The molecular formula is C12H22N2O. The molecule has 1 N–H and O–H groups in total. The van der Waals surface area contributed by atoms with E-state index in [1.807, 2.05) is 23.9 Å². The minimum Gasteiger partial charge on any atom is -0.393 e. The molecule has 1 aromatic heterocycles. The monoisotopic (exact) mass is 210 g/mol. The highest BCUT2D eigenvalue weighted by atomic mass is 16.3. The van der Waals surface area contributed by atoms with Crippen LogP contribution in [0.15, 0.2) is 12.3 Å². The van der Waals surface area contributed by atoms with Crippen LogP contribution >= 0.6 is 0 Å². The Hall–Kier alpha value is -0.830. The third-order valence-corrected chi connectivity index (χ3v) is 2.87. The lowest BCUT2D eigenvalue weighted by molar-refractivity contribution is 0.122. The molecule has 0 aromatic carbocycles. The summed E-state index contributed by atoms with van der Waals surface area (Å²) in [6, 6.07) is 2.45. The van der Waals surface area contributed by atoms with E-state index >= 15 is 0 Å². The van der Waals surface area contributed by atoms with E-state index < -0.39 is 0 Å². The van der Waals surface area contributed by atoms with Gasteiger partial charge in [-0.1, -0.05) is 13.3 Å². The molecule has 15 heavy (non-hydrogen) atoms. The van der Waals surface area contributed by atoms with Crippen LogP contribution in [-0.2, 0) is 6.42 Å². The van der Waals surface area contributed by atoms with E-state index in [1.54, 1.807) is 0 Å². The average molecular weight is 210 g/mol. The molecule has 86 valence electrons. The fourth-order valence-corrected chi connectivity index (χ4v) is 1.70. The Balaban J connectivity index is 2.63. The molecule has 0 aliphatic heterocycles. The molecule has 0 saturated heterocycles. The predicted octanol–water partition coefficient (Wildman–Crippen LogP) is 2.41. The summed E-state index contributed by atoms with van der Waals surface area (Å²) < 4.78 is 1.96. The quantitative estimate of drug-likeness (QED) is 0.810. The summed E-state index contributed by atoms with van der Waals surface area (Å²) in [5.41, 5.74) is 1.08. The minimum absolute atomic E-state index is 0.251. The van der Waals surface area contributed by atoms with Crippen LogP contribution in [-0.4, -0.2) is 21.0 Å². The van der Waals surface area contributed by atoms with Crippen LogP contribution in [0.2, 0.25) is 0 Å². The summed E-state index contributed by atoms with van der Waals surface area (Å²) in [5.74, 6) is 0.320. The molecule has 1 aromatic rings. The molecule has 2 unspecified atom stereocenters. The van der Waals surface area contributed by atoms with E-state index in [9.17, 15) is 5.11 Å². The van der Waals surface area contributed by atoms with Crippen molar-refractivity contribution >= 4 is 0 Å². The zero-order chi connectivity index (χ0) is 11.4. The number of hydrogen-bond acceptors (Lipinski definition) is 2. The summed E-state index contributed by atoms with van der Waals surface area (Å²) >= 11 is 0. The van der Waals surface area contributed by atoms with E-state index in [0.717, 1.165) is 18.5 Å². The van der Waals surface area contributed by atoms with Crippen LogP contribution in [0, 0.1) is 5.92 Å². The smallest absolute Gasteiger partial charge is 0.0628 e. The van der Waals surface area contributed by atoms with Gasteiger partial charge in [0, 0.05) is 12.2 Å². The highest BCUT2D eigenvalue weighted by Gasteiger charge is 2.15. The van der Waals surface area contributed by atoms with Crippen molar-refractivity contribution in [3.8, 4) is 0 Å². The second kappa shape index (κ2) is 5.31. The van der Waals surface area contributed by atoms with Gasteiger partial charge in [-0.15, -0.1) is 0 Å². The Bertz CT molecular complexity index is 292. The Morgan fingerprint density at radius 2 is 2.07 bits per heavy atom. The van der Waals surface area contributed by atoms with Crippen LogP contribution < -0.4 is 0 Å². The minimum atomic E-state index is -0.251.